The van der Waals surface area contributed by atoms with Gasteiger partial charge in [-0.3, -0.25) is 9.69 Å². The van der Waals surface area contributed by atoms with Crippen LogP contribution in [0.1, 0.15) is 17.2 Å². The maximum absolute atomic E-state index is 10.9. The van der Waals surface area contributed by atoms with Crippen molar-refractivity contribution >= 4 is 6.41 Å². The number of carbonyl (C=O) groups is 1. The summed E-state index contributed by atoms with van der Waals surface area (Å²) in [5.74, 6) is 0. The fraction of sp³-hybridized carbons (Fsp3) is 0.278. The number of rotatable bonds is 2. The van der Waals surface area contributed by atoms with Crippen LogP contribution < -0.4 is 0 Å². The predicted molar refractivity (Wildman–Crippen MR) is 82.9 cm³/mol. The Hall–Kier alpha value is -2.13. The lowest BCUT2D eigenvalue weighted by Crippen LogP contribution is -2.46. The third-order valence-corrected chi connectivity index (χ3v) is 4.66. The zero-order valence-corrected chi connectivity index (χ0v) is 11.9. The first-order valence-corrected chi connectivity index (χ1v) is 7.50. The third kappa shape index (κ3) is 1.96. The molecule has 0 radical (unpaired) electrons. The van der Waals surface area contributed by atoms with Gasteiger partial charge in [0.2, 0.25) is 6.41 Å². The van der Waals surface area contributed by atoms with E-state index < -0.39 is 0 Å². The largest absolute Gasteiger partial charge is 0.343 e. The van der Waals surface area contributed by atoms with E-state index in [0.717, 1.165) is 32.6 Å². The average Bonchev–Trinajstić information content (AvgIpc) is 2.90. The van der Waals surface area contributed by atoms with Gasteiger partial charge in [-0.1, -0.05) is 48.5 Å². The van der Waals surface area contributed by atoms with Crippen LogP contribution in [0.4, 0.5) is 0 Å². The number of hydrogen-bond donors (Lipinski definition) is 0. The molecule has 1 heterocycles. The number of piperazine rings is 1. The number of carbonyl (C=O) groups excluding carboxylic acids is 1. The normalized spacial score (nSPS) is 18.4. The van der Waals surface area contributed by atoms with E-state index in [1.54, 1.807) is 0 Å². The van der Waals surface area contributed by atoms with Gasteiger partial charge < -0.3 is 4.90 Å². The Morgan fingerprint density at radius 1 is 0.810 bits per heavy atom. The van der Waals surface area contributed by atoms with Gasteiger partial charge in [-0.15, -0.1) is 0 Å². The topological polar surface area (TPSA) is 23.6 Å². The van der Waals surface area contributed by atoms with E-state index in [-0.39, 0.29) is 0 Å². The number of benzene rings is 2. The van der Waals surface area contributed by atoms with Crippen molar-refractivity contribution in [3.8, 4) is 11.1 Å². The Morgan fingerprint density at radius 3 is 1.86 bits per heavy atom. The monoisotopic (exact) mass is 278 g/mol. The number of hydrogen-bond acceptors (Lipinski definition) is 2. The fourth-order valence-electron chi connectivity index (χ4n) is 3.62. The number of fused-ring (bicyclic) bond motifs is 3. The van der Waals surface area contributed by atoms with Crippen molar-refractivity contribution in [2.24, 2.45) is 0 Å². The molecule has 0 N–H and O–H groups in total. The first kappa shape index (κ1) is 12.6. The molecule has 1 saturated heterocycles. The first-order chi connectivity index (χ1) is 10.4. The molecule has 106 valence electrons. The fourth-order valence-corrected chi connectivity index (χ4v) is 3.62. The zero-order valence-electron chi connectivity index (χ0n) is 11.9. The Kier molecular flexibility index (Phi) is 3.00. The van der Waals surface area contributed by atoms with E-state index in [4.69, 9.17) is 0 Å². The van der Waals surface area contributed by atoms with Crippen LogP contribution in [0.15, 0.2) is 48.5 Å². The molecular formula is C18H18N2O. The molecule has 0 saturated carbocycles. The molecule has 2 aromatic carbocycles. The summed E-state index contributed by atoms with van der Waals surface area (Å²) in [6, 6.07) is 17.7. The van der Waals surface area contributed by atoms with Gasteiger partial charge in [-0.25, -0.2) is 0 Å². The summed E-state index contributed by atoms with van der Waals surface area (Å²) in [6.07, 6.45) is 0.966. The van der Waals surface area contributed by atoms with Crippen molar-refractivity contribution in [1.29, 1.82) is 0 Å². The lowest BCUT2D eigenvalue weighted by atomic mass is 10.0. The molecule has 1 aliphatic heterocycles. The predicted octanol–water partition coefficient (Wildman–Crippen LogP) is 2.53. The van der Waals surface area contributed by atoms with E-state index in [1.807, 2.05) is 4.90 Å². The third-order valence-electron chi connectivity index (χ3n) is 4.66. The molecule has 0 spiro atoms. The SMILES string of the molecule is O=CN1CCN(C2c3ccccc3-c3ccccc32)CC1. The first-order valence-electron chi connectivity index (χ1n) is 7.50. The second-order valence-electron chi connectivity index (χ2n) is 5.75. The molecule has 0 unspecified atom stereocenters. The van der Waals surface area contributed by atoms with Gasteiger partial charge in [0, 0.05) is 26.2 Å². The molecule has 4 rings (SSSR count). The number of nitrogens with zero attached hydrogens (tertiary/aromatic N) is 2. The summed E-state index contributed by atoms with van der Waals surface area (Å²) in [7, 11) is 0. The summed E-state index contributed by atoms with van der Waals surface area (Å²) in [5, 5.41) is 0. The van der Waals surface area contributed by atoms with Crippen molar-refractivity contribution in [3.63, 3.8) is 0 Å². The van der Waals surface area contributed by atoms with Crippen LogP contribution in [0.2, 0.25) is 0 Å². The van der Waals surface area contributed by atoms with Crippen molar-refractivity contribution in [2.75, 3.05) is 26.2 Å². The number of amides is 1. The van der Waals surface area contributed by atoms with Crippen LogP contribution in [-0.4, -0.2) is 42.4 Å². The molecule has 2 aromatic rings. The molecule has 2 aliphatic rings. The van der Waals surface area contributed by atoms with E-state index in [2.05, 4.69) is 53.4 Å². The van der Waals surface area contributed by atoms with E-state index in [0.29, 0.717) is 6.04 Å². The lowest BCUT2D eigenvalue weighted by Gasteiger charge is -2.37. The smallest absolute Gasteiger partial charge is 0.209 e. The van der Waals surface area contributed by atoms with Crippen LogP contribution in [0.5, 0.6) is 0 Å². The molecule has 1 aliphatic carbocycles. The van der Waals surface area contributed by atoms with Gasteiger partial charge in [0.15, 0.2) is 0 Å². The quantitative estimate of drug-likeness (QED) is 0.788. The van der Waals surface area contributed by atoms with Crippen molar-refractivity contribution in [2.45, 2.75) is 6.04 Å². The minimum atomic E-state index is 0.339. The molecule has 0 bridgehead atoms. The Morgan fingerprint density at radius 2 is 1.33 bits per heavy atom. The van der Waals surface area contributed by atoms with Gasteiger partial charge in [0.05, 0.1) is 6.04 Å². The summed E-state index contributed by atoms with van der Waals surface area (Å²) >= 11 is 0. The highest BCUT2D eigenvalue weighted by molar-refractivity contribution is 5.78. The van der Waals surface area contributed by atoms with E-state index >= 15 is 0 Å². The second-order valence-corrected chi connectivity index (χ2v) is 5.75. The Balaban J connectivity index is 1.74. The maximum atomic E-state index is 10.9. The van der Waals surface area contributed by atoms with Crippen LogP contribution in [0, 0.1) is 0 Å². The zero-order chi connectivity index (χ0) is 14.2. The van der Waals surface area contributed by atoms with Crippen LogP contribution >= 0.6 is 0 Å². The van der Waals surface area contributed by atoms with Crippen LogP contribution in [0.25, 0.3) is 11.1 Å². The van der Waals surface area contributed by atoms with Gasteiger partial charge in [0.25, 0.3) is 0 Å². The highest BCUT2D eigenvalue weighted by Gasteiger charge is 2.33. The molecule has 3 nitrogen and oxygen atoms in total. The summed E-state index contributed by atoms with van der Waals surface area (Å²) in [5.41, 5.74) is 5.52. The molecule has 1 fully saturated rings. The highest BCUT2D eigenvalue weighted by atomic mass is 16.1. The minimum absolute atomic E-state index is 0.339. The summed E-state index contributed by atoms with van der Waals surface area (Å²) < 4.78 is 0. The standard InChI is InChI=1S/C18H18N2O/c21-13-19-9-11-20(12-10-19)18-16-7-3-1-5-14(16)15-6-2-4-8-17(15)18/h1-8,13,18H,9-12H2. The van der Waals surface area contributed by atoms with Crippen LogP contribution in [-0.2, 0) is 4.79 Å². The molecule has 0 atom stereocenters. The maximum Gasteiger partial charge on any atom is 0.209 e. The van der Waals surface area contributed by atoms with Gasteiger partial charge in [0.1, 0.15) is 0 Å². The van der Waals surface area contributed by atoms with Gasteiger partial charge in [-0.2, -0.15) is 0 Å². The Bertz CT molecular complexity index is 629. The lowest BCUT2D eigenvalue weighted by molar-refractivity contribution is -0.119. The molecule has 1 amide bonds. The summed E-state index contributed by atoms with van der Waals surface area (Å²) in [4.78, 5) is 15.3. The van der Waals surface area contributed by atoms with E-state index in [1.165, 1.54) is 22.3 Å². The van der Waals surface area contributed by atoms with Crippen molar-refractivity contribution in [3.05, 3.63) is 59.7 Å². The molecule has 0 aromatic heterocycles. The molecule has 21 heavy (non-hydrogen) atoms. The van der Waals surface area contributed by atoms with Gasteiger partial charge in [-0.05, 0) is 22.3 Å². The van der Waals surface area contributed by atoms with Crippen LogP contribution in [0.3, 0.4) is 0 Å². The Labute approximate surface area is 124 Å². The van der Waals surface area contributed by atoms with Gasteiger partial charge >= 0.3 is 0 Å². The average molecular weight is 278 g/mol. The minimum Gasteiger partial charge on any atom is -0.343 e. The van der Waals surface area contributed by atoms with E-state index in [9.17, 15) is 4.79 Å². The summed E-state index contributed by atoms with van der Waals surface area (Å²) in [6.45, 7) is 3.52. The highest BCUT2D eigenvalue weighted by Crippen LogP contribution is 2.46. The van der Waals surface area contributed by atoms with Crippen molar-refractivity contribution in [1.82, 2.24) is 9.80 Å². The molecule has 3 heteroatoms. The second kappa shape index (κ2) is 5.01. The van der Waals surface area contributed by atoms with Crippen molar-refractivity contribution < 1.29 is 4.79 Å². The molecular weight excluding hydrogens is 260 g/mol.